The van der Waals surface area contributed by atoms with E-state index in [0.29, 0.717) is 10.8 Å². The maximum atomic E-state index is 4.25. The van der Waals surface area contributed by atoms with Crippen LogP contribution in [-0.2, 0) is 16.2 Å². The van der Waals surface area contributed by atoms with Crippen LogP contribution in [0.15, 0.2) is 85.1 Å². The van der Waals surface area contributed by atoms with Gasteiger partial charge >= 0.3 is 0 Å². The molecule has 0 spiro atoms. The zero-order valence-corrected chi connectivity index (χ0v) is 24.5. The van der Waals surface area contributed by atoms with Gasteiger partial charge in [-0.15, -0.1) is 0 Å². The minimum absolute atomic E-state index is 0. The molecule has 2 aromatic carbocycles. The van der Waals surface area contributed by atoms with Gasteiger partial charge in [-0.2, -0.15) is 0 Å². The lowest BCUT2D eigenvalue weighted by Gasteiger charge is -2.18. The number of rotatable bonds is 0. The molecule has 0 bridgehead atoms. The Kier molecular flexibility index (Phi) is 27.4. The van der Waals surface area contributed by atoms with E-state index < -0.39 is 0 Å². The molecule has 1 nitrogen and oxygen atoms in total. The molecule has 0 aliphatic heterocycles. The zero-order chi connectivity index (χ0) is 26.8. The summed E-state index contributed by atoms with van der Waals surface area (Å²) in [7, 11) is 0. The van der Waals surface area contributed by atoms with Crippen molar-refractivity contribution in [3.63, 3.8) is 0 Å². The van der Waals surface area contributed by atoms with Gasteiger partial charge < -0.3 is 0 Å². The highest BCUT2D eigenvalue weighted by Gasteiger charge is 2.13. The number of aromatic nitrogens is 1. The van der Waals surface area contributed by atoms with Crippen molar-refractivity contribution in [1.82, 2.24) is 4.98 Å². The third-order valence-corrected chi connectivity index (χ3v) is 4.71. The fraction of sp³-hybridized carbons (Fsp3) is 0.528. The highest BCUT2D eigenvalue weighted by molar-refractivity contribution is 5.22. The second kappa shape index (κ2) is 22.8. The SMILES string of the molecule is C.C.C.CC.CC.CC(C)(C)c1ccccc1.CC(C)(C)c1ccccc1.CC(C)(C)c1ccccn1. The second-order valence-corrected chi connectivity index (χ2v) is 10.7. The third-order valence-electron chi connectivity index (χ3n) is 4.71. The summed E-state index contributed by atoms with van der Waals surface area (Å²) in [6.07, 6.45) is 1.83. The van der Waals surface area contributed by atoms with Gasteiger partial charge in [-0.25, -0.2) is 0 Å². The molecule has 0 aliphatic rings. The largest absolute Gasteiger partial charge is 0.261 e. The van der Waals surface area contributed by atoms with Crippen LogP contribution in [0.1, 0.15) is 129 Å². The molecular formula is C36H65N. The molecule has 0 amide bonds. The first-order chi connectivity index (χ1) is 15.8. The zero-order valence-electron chi connectivity index (χ0n) is 24.5. The minimum Gasteiger partial charge on any atom is -0.261 e. The Morgan fingerprint density at radius 1 is 0.405 bits per heavy atom. The fourth-order valence-electron chi connectivity index (χ4n) is 2.68. The molecule has 3 rings (SSSR count). The van der Waals surface area contributed by atoms with E-state index in [9.17, 15) is 0 Å². The fourth-order valence-corrected chi connectivity index (χ4v) is 2.68. The molecule has 1 heterocycles. The molecule has 1 heteroatoms. The number of hydrogen-bond acceptors (Lipinski definition) is 1. The highest BCUT2D eigenvalue weighted by atomic mass is 14.7. The topological polar surface area (TPSA) is 12.9 Å². The molecule has 0 unspecified atom stereocenters. The minimum atomic E-state index is 0. The summed E-state index contributed by atoms with van der Waals surface area (Å²) in [5.74, 6) is 0. The van der Waals surface area contributed by atoms with Crippen LogP contribution in [-0.4, -0.2) is 4.98 Å². The lowest BCUT2D eigenvalue weighted by molar-refractivity contribution is 0.569. The maximum Gasteiger partial charge on any atom is 0.0457 e. The smallest absolute Gasteiger partial charge is 0.0457 e. The quantitative estimate of drug-likeness (QED) is 0.292. The van der Waals surface area contributed by atoms with Crippen molar-refractivity contribution >= 4 is 0 Å². The second-order valence-electron chi connectivity index (χ2n) is 10.7. The van der Waals surface area contributed by atoms with Crippen molar-refractivity contribution in [3.05, 3.63) is 102 Å². The van der Waals surface area contributed by atoms with Crippen LogP contribution in [0, 0.1) is 0 Å². The van der Waals surface area contributed by atoms with Crippen molar-refractivity contribution in [2.24, 2.45) is 0 Å². The van der Waals surface area contributed by atoms with Gasteiger partial charge in [0.25, 0.3) is 0 Å². The average Bonchev–Trinajstić information content (AvgIpc) is 2.83. The molecule has 0 fully saturated rings. The molecule has 37 heavy (non-hydrogen) atoms. The Labute approximate surface area is 235 Å². The molecule has 0 atom stereocenters. The normalized spacial score (nSPS) is 9.65. The Bertz CT molecular complexity index is 697. The van der Waals surface area contributed by atoms with E-state index in [0.717, 1.165) is 5.69 Å². The molecule has 1 aromatic heterocycles. The summed E-state index contributed by atoms with van der Waals surface area (Å²) in [6.45, 7) is 27.8. The van der Waals surface area contributed by atoms with Crippen molar-refractivity contribution in [1.29, 1.82) is 0 Å². The van der Waals surface area contributed by atoms with Crippen LogP contribution >= 0.6 is 0 Å². The first-order valence-electron chi connectivity index (χ1n) is 12.8. The monoisotopic (exact) mass is 512 g/mol. The van der Waals surface area contributed by atoms with Gasteiger partial charge in [0.1, 0.15) is 0 Å². The van der Waals surface area contributed by atoms with E-state index in [4.69, 9.17) is 0 Å². The summed E-state index contributed by atoms with van der Waals surface area (Å²) in [5, 5.41) is 0. The average molecular weight is 512 g/mol. The first-order valence-corrected chi connectivity index (χ1v) is 12.8. The van der Waals surface area contributed by atoms with Crippen LogP contribution in [0.3, 0.4) is 0 Å². The van der Waals surface area contributed by atoms with Crippen molar-refractivity contribution in [3.8, 4) is 0 Å². The summed E-state index contributed by atoms with van der Waals surface area (Å²) in [5.41, 5.74) is 4.71. The molecule has 0 radical (unpaired) electrons. The summed E-state index contributed by atoms with van der Waals surface area (Å²) in [4.78, 5) is 4.25. The van der Waals surface area contributed by atoms with E-state index in [1.54, 1.807) is 0 Å². The predicted octanol–water partition coefficient (Wildman–Crippen LogP) is 12.3. The van der Waals surface area contributed by atoms with Crippen LogP contribution < -0.4 is 0 Å². The van der Waals surface area contributed by atoms with Gasteiger partial charge in [0.2, 0.25) is 0 Å². The third kappa shape index (κ3) is 21.4. The lowest BCUT2D eigenvalue weighted by atomic mass is 9.87. The van der Waals surface area contributed by atoms with E-state index in [-0.39, 0.29) is 27.7 Å². The van der Waals surface area contributed by atoms with Crippen molar-refractivity contribution in [2.45, 2.75) is 129 Å². The van der Waals surface area contributed by atoms with Crippen LogP contribution in [0.5, 0.6) is 0 Å². The molecule has 0 saturated carbocycles. The molecule has 0 N–H and O–H groups in total. The number of hydrogen-bond donors (Lipinski definition) is 0. The summed E-state index contributed by atoms with van der Waals surface area (Å²) >= 11 is 0. The Hall–Kier alpha value is -2.41. The van der Waals surface area contributed by atoms with Crippen LogP contribution in [0.2, 0.25) is 0 Å². The van der Waals surface area contributed by atoms with E-state index in [2.05, 4.69) is 134 Å². The number of pyridine rings is 1. The highest BCUT2D eigenvalue weighted by Crippen LogP contribution is 2.21. The molecule has 0 saturated heterocycles. The Morgan fingerprint density at radius 3 is 0.865 bits per heavy atom. The summed E-state index contributed by atoms with van der Waals surface area (Å²) < 4.78 is 0. The van der Waals surface area contributed by atoms with Gasteiger partial charge in [0.15, 0.2) is 0 Å². The molecular weight excluding hydrogens is 446 g/mol. The Balaban J connectivity index is -0.000000125. The molecule has 214 valence electrons. The van der Waals surface area contributed by atoms with Gasteiger partial charge in [-0.05, 0) is 34.1 Å². The van der Waals surface area contributed by atoms with Crippen LogP contribution in [0.4, 0.5) is 0 Å². The standard InChI is InChI=1S/2C10H14.C9H13N.2C2H6.3CH4/c2*1-10(2,3)9-7-5-4-6-8-9;1-9(2,3)8-6-4-5-7-10-8;2*1-2;;;/h2*4-8H,1-3H3;4-7H,1-3H3;2*1-2H3;3*1H4. The van der Waals surface area contributed by atoms with E-state index in [1.165, 1.54) is 11.1 Å². The van der Waals surface area contributed by atoms with Gasteiger partial charge in [0, 0.05) is 17.3 Å². The summed E-state index contributed by atoms with van der Waals surface area (Å²) in [6, 6.07) is 27.1. The molecule has 0 aliphatic carbocycles. The van der Waals surface area contributed by atoms with Crippen LogP contribution in [0.25, 0.3) is 0 Å². The van der Waals surface area contributed by atoms with E-state index >= 15 is 0 Å². The molecule has 3 aromatic rings. The van der Waals surface area contributed by atoms with E-state index in [1.807, 2.05) is 46.0 Å². The number of benzene rings is 2. The maximum absolute atomic E-state index is 4.25. The van der Waals surface area contributed by atoms with Crippen molar-refractivity contribution < 1.29 is 0 Å². The van der Waals surface area contributed by atoms with Gasteiger partial charge in [-0.1, -0.05) is 179 Å². The van der Waals surface area contributed by atoms with Gasteiger partial charge in [-0.3, -0.25) is 4.98 Å². The van der Waals surface area contributed by atoms with Gasteiger partial charge in [0.05, 0.1) is 0 Å². The lowest BCUT2D eigenvalue weighted by Crippen LogP contribution is -2.12. The first kappa shape index (κ1) is 44.6. The predicted molar refractivity (Wildman–Crippen MR) is 176 cm³/mol. The van der Waals surface area contributed by atoms with Crippen molar-refractivity contribution in [2.75, 3.05) is 0 Å². The number of nitrogens with zero attached hydrogens (tertiary/aromatic N) is 1. The Morgan fingerprint density at radius 2 is 0.703 bits per heavy atom.